The van der Waals surface area contributed by atoms with Gasteiger partial charge in [-0.3, -0.25) is 0 Å². The highest BCUT2D eigenvalue weighted by Crippen LogP contribution is 2.50. The quantitative estimate of drug-likeness (QED) is 0.595. The molecular weight excluding hydrogens is 176 g/mol. The minimum absolute atomic E-state index is 0.659. The minimum atomic E-state index is 0.659. The van der Waals surface area contributed by atoms with E-state index in [9.17, 15) is 0 Å². The average molecular weight is 186 g/mol. The lowest BCUT2D eigenvalue weighted by atomic mass is 9.93. The summed E-state index contributed by atoms with van der Waals surface area (Å²) in [6, 6.07) is 8.74. The molecule has 0 spiro atoms. The van der Waals surface area contributed by atoms with Crippen LogP contribution in [0.4, 0.5) is 0 Å². The van der Waals surface area contributed by atoms with Crippen molar-refractivity contribution in [3.05, 3.63) is 53.0 Å². The molecule has 0 saturated heterocycles. The highest BCUT2D eigenvalue weighted by Gasteiger charge is 2.27. The van der Waals surface area contributed by atoms with Crippen LogP contribution in [0.1, 0.15) is 17.9 Å². The normalized spacial score (nSPS) is 23.7. The average Bonchev–Trinajstić information content (AvgIpc) is 2.56. The van der Waals surface area contributed by atoms with Crippen LogP contribution in [0.25, 0.3) is 0 Å². The summed E-state index contributed by atoms with van der Waals surface area (Å²) in [6.07, 6.45) is 7.86. The summed E-state index contributed by atoms with van der Waals surface area (Å²) >= 11 is 1.93. The van der Waals surface area contributed by atoms with Gasteiger partial charge in [-0.15, -0.1) is 0 Å². The molecule has 1 aromatic carbocycles. The van der Waals surface area contributed by atoms with E-state index in [0.29, 0.717) is 5.92 Å². The minimum Gasteiger partial charge on any atom is -0.0936 e. The maximum atomic E-state index is 2.26. The van der Waals surface area contributed by atoms with Crippen molar-refractivity contribution in [1.82, 2.24) is 0 Å². The summed E-state index contributed by atoms with van der Waals surface area (Å²) in [6.45, 7) is 0. The molecule has 0 saturated carbocycles. The maximum Gasteiger partial charge on any atom is 0.0199 e. The van der Waals surface area contributed by atoms with Crippen molar-refractivity contribution in [2.45, 2.75) is 17.2 Å². The van der Waals surface area contributed by atoms with Gasteiger partial charge in [0, 0.05) is 10.8 Å². The molecule has 1 unspecified atom stereocenters. The van der Waals surface area contributed by atoms with Gasteiger partial charge in [0.25, 0.3) is 0 Å². The molecule has 3 rings (SSSR count). The third kappa shape index (κ3) is 1.07. The van der Waals surface area contributed by atoms with E-state index >= 15 is 0 Å². The third-order valence-corrected chi connectivity index (χ3v) is 3.88. The van der Waals surface area contributed by atoms with E-state index in [1.807, 2.05) is 11.8 Å². The highest BCUT2D eigenvalue weighted by molar-refractivity contribution is 8.03. The Kier molecular flexibility index (Phi) is 1.59. The first-order valence-corrected chi connectivity index (χ1v) is 5.40. The molecule has 1 aliphatic heterocycles. The first kappa shape index (κ1) is 7.45. The zero-order chi connectivity index (χ0) is 8.67. The molecule has 0 radical (unpaired) electrons. The second kappa shape index (κ2) is 2.78. The number of fused-ring (bicyclic) bond motifs is 3. The highest BCUT2D eigenvalue weighted by atomic mass is 32.2. The monoisotopic (exact) mass is 186 g/mol. The molecule has 0 aromatic heterocycles. The van der Waals surface area contributed by atoms with Gasteiger partial charge in [0.1, 0.15) is 0 Å². The van der Waals surface area contributed by atoms with Gasteiger partial charge in [0.05, 0.1) is 0 Å². The molecule has 0 N–H and O–H groups in total. The summed E-state index contributed by atoms with van der Waals surface area (Å²) in [7, 11) is 0. The van der Waals surface area contributed by atoms with E-state index in [-0.39, 0.29) is 0 Å². The number of hydrogen-bond acceptors (Lipinski definition) is 1. The van der Waals surface area contributed by atoms with Crippen molar-refractivity contribution in [3.63, 3.8) is 0 Å². The van der Waals surface area contributed by atoms with E-state index in [4.69, 9.17) is 0 Å². The number of rotatable bonds is 0. The van der Waals surface area contributed by atoms with Crippen LogP contribution >= 0.6 is 11.8 Å². The molecule has 0 nitrogen and oxygen atoms in total. The van der Waals surface area contributed by atoms with Crippen LogP contribution in [0.2, 0.25) is 0 Å². The van der Waals surface area contributed by atoms with Crippen LogP contribution in [-0.2, 0) is 0 Å². The fourth-order valence-electron chi connectivity index (χ4n) is 1.98. The van der Waals surface area contributed by atoms with Crippen LogP contribution < -0.4 is 0 Å². The second-order valence-corrected chi connectivity index (χ2v) is 4.54. The topological polar surface area (TPSA) is 0 Å². The van der Waals surface area contributed by atoms with E-state index in [2.05, 4.69) is 42.5 Å². The van der Waals surface area contributed by atoms with Gasteiger partial charge in [-0.1, -0.05) is 48.2 Å². The van der Waals surface area contributed by atoms with Crippen molar-refractivity contribution >= 4 is 11.8 Å². The smallest absolute Gasteiger partial charge is 0.0199 e. The van der Waals surface area contributed by atoms with Gasteiger partial charge >= 0.3 is 0 Å². The van der Waals surface area contributed by atoms with E-state index in [0.717, 1.165) is 0 Å². The summed E-state index contributed by atoms with van der Waals surface area (Å²) < 4.78 is 0. The molecular formula is C12H10S. The van der Waals surface area contributed by atoms with Crippen molar-refractivity contribution in [3.8, 4) is 0 Å². The number of allylic oxidation sites excluding steroid dienone is 4. The number of hydrogen-bond donors (Lipinski definition) is 0. The SMILES string of the molecule is C1=CCC2C(=C1)Sc1ccccc12. The largest absolute Gasteiger partial charge is 0.0936 e. The lowest BCUT2D eigenvalue weighted by Gasteiger charge is -2.12. The third-order valence-electron chi connectivity index (χ3n) is 2.63. The first-order valence-electron chi connectivity index (χ1n) is 4.58. The Labute approximate surface area is 82.4 Å². The van der Waals surface area contributed by atoms with E-state index in [1.54, 1.807) is 0 Å². The van der Waals surface area contributed by atoms with E-state index < -0.39 is 0 Å². The van der Waals surface area contributed by atoms with Crippen LogP contribution in [-0.4, -0.2) is 0 Å². The summed E-state index contributed by atoms with van der Waals surface area (Å²) in [5, 5.41) is 0. The van der Waals surface area contributed by atoms with Crippen molar-refractivity contribution < 1.29 is 0 Å². The number of thioether (sulfide) groups is 1. The maximum absolute atomic E-state index is 2.26. The molecule has 64 valence electrons. The van der Waals surface area contributed by atoms with Gasteiger partial charge in [-0.2, -0.15) is 0 Å². The molecule has 2 aliphatic rings. The van der Waals surface area contributed by atoms with Crippen molar-refractivity contribution in [1.29, 1.82) is 0 Å². The molecule has 0 amide bonds. The Hall–Kier alpha value is -0.950. The van der Waals surface area contributed by atoms with Crippen molar-refractivity contribution in [2.24, 2.45) is 0 Å². The second-order valence-electron chi connectivity index (χ2n) is 3.43. The van der Waals surface area contributed by atoms with Crippen LogP contribution in [0.3, 0.4) is 0 Å². The Morgan fingerprint density at radius 3 is 3.15 bits per heavy atom. The molecule has 13 heavy (non-hydrogen) atoms. The molecule has 1 heteroatoms. The molecule has 1 aliphatic carbocycles. The van der Waals surface area contributed by atoms with Crippen molar-refractivity contribution in [2.75, 3.05) is 0 Å². The van der Waals surface area contributed by atoms with Crippen LogP contribution in [0.15, 0.2) is 52.3 Å². The zero-order valence-corrected chi connectivity index (χ0v) is 8.05. The summed E-state index contributed by atoms with van der Waals surface area (Å²) in [4.78, 5) is 2.96. The van der Waals surface area contributed by atoms with Crippen LogP contribution in [0.5, 0.6) is 0 Å². The summed E-state index contributed by atoms with van der Waals surface area (Å²) in [5.41, 5.74) is 1.52. The fourth-order valence-corrected chi connectivity index (χ4v) is 3.22. The predicted molar refractivity (Wildman–Crippen MR) is 56.9 cm³/mol. The molecule has 0 bridgehead atoms. The Bertz CT molecular complexity index is 401. The van der Waals surface area contributed by atoms with Gasteiger partial charge in [0.15, 0.2) is 0 Å². The lowest BCUT2D eigenvalue weighted by molar-refractivity contribution is 0.837. The van der Waals surface area contributed by atoms with Gasteiger partial charge in [-0.05, 0) is 23.0 Å². The Balaban J connectivity index is 2.14. The predicted octanol–water partition coefficient (Wildman–Crippen LogP) is 3.72. The molecule has 0 fully saturated rings. The first-order chi connectivity index (χ1) is 6.45. The van der Waals surface area contributed by atoms with Gasteiger partial charge in [0.2, 0.25) is 0 Å². The van der Waals surface area contributed by atoms with Gasteiger partial charge < -0.3 is 0 Å². The zero-order valence-electron chi connectivity index (χ0n) is 7.23. The molecule has 1 atom stereocenters. The molecule has 1 heterocycles. The molecule has 1 aromatic rings. The lowest BCUT2D eigenvalue weighted by Crippen LogP contribution is -1.95. The van der Waals surface area contributed by atoms with Gasteiger partial charge in [-0.25, -0.2) is 0 Å². The number of benzene rings is 1. The fraction of sp³-hybridized carbons (Fsp3) is 0.167. The standard InChI is InChI=1S/C12H10S/c1-3-7-11-9(5-1)10-6-2-4-8-12(10)13-11/h1-5,7-8,10H,6H2. The Morgan fingerprint density at radius 1 is 1.23 bits per heavy atom. The van der Waals surface area contributed by atoms with Crippen LogP contribution in [0, 0.1) is 0 Å². The summed E-state index contributed by atoms with van der Waals surface area (Å²) in [5.74, 6) is 0.659. The van der Waals surface area contributed by atoms with E-state index in [1.165, 1.54) is 21.8 Å². The Morgan fingerprint density at radius 2 is 2.15 bits per heavy atom.